The van der Waals surface area contributed by atoms with Crippen molar-refractivity contribution in [1.29, 1.82) is 0 Å². The number of aryl methyl sites for hydroxylation is 1. The van der Waals surface area contributed by atoms with Crippen molar-refractivity contribution < 1.29 is 19.1 Å². The van der Waals surface area contributed by atoms with Crippen molar-refractivity contribution in [2.24, 2.45) is 7.05 Å². The fourth-order valence-electron chi connectivity index (χ4n) is 2.52. The van der Waals surface area contributed by atoms with E-state index in [0.717, 1.165) is 4.47 Å². The number of nitrogens with one attached hydrogen (secondary N) is 2. The molecule has 0 saturated heterocycles. The van der Waals surface area contributed by atoms with Gasteiger partial charge in [-0.3, -0.25) is 9.63 Å². The molecule has 0 spiro atoms. The summed E-state index contributed by atoms with van der Waals surface area (Å²) in [6.45, 7) is -0.587. The number of anilines is 2. The normalized spacial score (nSPS) is 11.6. The molecule has 3 aromatic rings. The highest BCUT2D eigenvalue weighted by Gasteiger charge is 2.23. The molecule has 0 bridgehead atoms. The van der Waals surface area contributed by atoms with Gasteiger partial charge in [0, 0.05) is 16.9 Å². The van der Waals surface area contributed by atoms with Gasteiger partial charge in [-0.1, -0.05) is 27.5 Å². The van der Waals surface area contributed by atoms with Gasteiger partial charge >= 0.3 is 0 Å². The number of hydroxylamine groups is 1. The van der Waals surface area contributed by atoms with Gasteiger partial charge in [-0.25, -0.2) is 14.9 Å². The van der Waals surface area contributed by atoms with Gasteiger partial charge in [-0.2, -0.15) is 0 Å². The van der Waals surface area contributed by atoms with E-state index in [4.69, 9.17) is 32.1 Å². The summed E-state index contributed by atoms with van der Waals surface area (Å²) in [5.74, 6) is -1.55. The van der Waals surface area contributed by atoms with E-state index in [0.29, 0.717) is 16.2 Å². The second-order valence-electron chi connectivity index (χ2n) is 6.30. The minimum absolute atomic E-state index is 0.0685. The zero-order valence-corrected chi connectivity index (χ0v) is 17.4. The Morgan fingerprint density at radius 2 is 2.17 bits per heavy atom. The third kappa shape index (κ3) is 4.92. The number of aliphatic hydroxyl groups is 1. The molecule has 29 heavy (non-hydrogen) atoms. The van der Waals surface area contributed by atoms with Gasteiger partial charge in [0.15, 0.2) is 5.82 Å². The quantitative estimate of drug-likeness (QED) is 0.375. The van der Waals surface area contributed by atoms with Crippen LogP contribution >= 0.6 is 27.5 Å². The second-order valence-corrected chi connectivity index (χ2v) is 7.62. The summed E-state index contributed by atoms with van der Waals surface area (Å²) < 4.78 is 17.5. The number of benzene rings is 2. The van der Waals surface area contributed by atoms with Crippen molar-refractivity contribution in [2.45, 2.75) is 5.40 Å². The van der Waals surface area contributed by atoms with Crippen LogP contribution in [0.2, 0.25) is 5.02 Å². The lowest BCUT2D eigenvalue weighted by Crippen LogP contribution is -2.39. The highest BCUT2D eigenvalue weighted by Crippen LogP contribution is 2.34. The molecule has 4 radical (unpaired) electrons. The summed E-state index contributed by atoms with van der Waals surface area (Å²) in [5.41, 5.74) is 2.65. The Bertz CT molecular complexity index is 1090. The van der Waals surface area contributed by atoms with Crippen LogP contribution in [0.5, 0.6) is 0 Å². The highest BCUT2D eigenvalue weighted by molar-refractivity contribution is 9.10. The van der Waals surface area contributed by atoms with Gasteiger partial charge in [0.05, 0.1) is 40.4 Å². The minimum Gasteiger partial charge on any atom is -0.407 e. The van der Waals surface area contributed by atoms with E-state index in [1.165, 1.54) is 12.4 Å². The van der Waals surface area contributed by atoms with Crippen LogP contribution in [-0.4, -0.2) is 48.3 Å². The van der Waals surface area contributed by atoms with E-state index >= 15 is 4.39 Å². The van der Waals surface area contributed by atoms with Crippen LogP contribution in [0.25, 0.3) is 11.0 Å². The SMILES string of the molecule is [B]C([B])(O)CONC(=O)c1cc2c(ncn2C)c(F)c1Nc1ccc(Br)cc1Cl. The lowest BCUT2D eigenvalue weighted by Gasteiger charge is -2.19. The van der Waals surface area contributed by atoms with Gasteiger partial charge < -0.3 is 15.0 Å². The van der Waals surface area contributed by atoms with Crippen LogP contribution in [-0.2, 0) is 11.9 Å². The summed E-state index contributed by atoms with van der Waals surface area (Å²) in [7, 11) is 12.0. The van der Waals surface area contributed by atoms with Gasteiger partial charge in [0.25, 0.3) is 5.91 Å². The fourth-order valence-corrected chi connectivity index (χ4v) is 3.24. The zero-order valence-electron chi connectivity index (χ0n) is 15.0. The van der Waals surface area contributed by atoms with E-state index < -0.39 is 23.7 Å². The van der Waals surface area contributed by atoms with Gasteiger partial charge in [0.2, 0.25) is 0 Å². The summed E-state index contributed by atoms with van der Waals surface area (Å²) in [6.07, 6.45) is 1.42. The molecular weight excluding hydrogens is 464 g/mol. The first-order valence-electron chi connectivity index (χ1n) is 8.14. The number of carbonyl (C=O) groups is 1. The monoisotopic (exact) mass is 476 g/mol. The molecule has 1 heterocycles. The fraction of sp³-hybridized carbons (Fsp3) is 0.176. The molecule has 1 amide bonds. The zero-order chi connectivity index (χ0) is 21.3. The molecule has 0 aliphatic rings. The molecule has 0 unspecified atom stereocenters. The van der Waals surface area contributed by atoms with E-state index in [9.17, 15) is 9.90 Å². The van der Waals surface area contributed by atoms with Gasteiger partial charge in [-0.05, 0) is 24.3 Å². The summed E-state index contributed by atoms with van der Waals surface area (Å²) in [5, 5.41) is 10.3. The molecule has 0 saturated carbocycles. The van der Waals surface area contributed by atoms with Gasteiger partial charge in [-0.15, -0.1) is 0 Å². The first-order valence-corrected chi connectivity index (χ1v) is 9.32. The maximum absolute atomic E-state index is 15.2. The molecule has 7 nitrogen and oxygen atoms in total. The predicted molar refractivity (Wildman–Crippen MR) is 113 cm³/mol. The third-order valence-electron chi connectivity index (χ3n) is 3.86. The van der Waals surface area contributed by atoms with E-state index in [-0.39, 0.29) is 16.8 Å². The summed E-state index contributed by atoms with van der Waals surface area (Å²) >= 11 is 9.50. The van der Waals surface area contributed by atoms with E-state index in [1.54, 1.807) is 29.8 Å². The van der Waals surface area contributed by atoms with Crippen LogP contribution < -0.4 is 10.8 Å². The number of aromatic nitrogens is 2. The van der Waals surface area contributed by atoms with Crippen molar-refractivity contribution in [1.82, 2.24) is 15.0 Å². The largest absolute Gasteiger partial charge is 0.407 e. The molecule has 3 N–H and O–H groups in total. The van der Waals surface area contributed by atoms with Crippen LogP contribution in [0.15, 0.2) is 35.1 Å². The molecule has 0 aliphatic carbocycles. The van der Waals surface area contributed by atoms with E-state index in [2.05, 4.69) is 31.7 Å². The van der Waals surface area contributed by atoms with Crippen LogP contribution in [0.3, 0.4) is 0 Å². The molecule has 1 aromatic heterocycles. The van der Waals surface area contributed by atoms with Crippen molar-refractivity contribution >= 4 is 71.5 Å². The molecule has 0 aliphatic heterocycles. The minimum atomic E-state index is -2.14. The lowest BCUT2D eigenvalue weighted by atomic mass is 9.66. The third-order valence-corrected chi connectivity index (χ3v) is 4.67. The molecule has 0 fully saturated rings. The number of fused-ring (bicyclic) bond motifs is 1. The number of halogens is 3. The number of hydrogen-bond donors (Lipinski definition) is 3. The maximum atomic E-state index is 15.2. The number of nitrogens with zero attached hydrogens (tertiary/aromatic N) is 2. The second kappa shape index (κ2) is 8.35. The Kier molecular flexibility index (Phi) is 6.23. The Labute approximate surface area is 181 Å². The average molecular weight is 477 g/mol. The molecule has 146 valence electrons. The number of hydrogen-bond acceptors (Lipinski definition) is 5. The Morgan fingerprint density at radius 1 is 1.45 bits per heavy atom. The topological polar surface area (TPSA) is 88.4 Å². The lowest BCUT2D eigenvalue weighted by molar-refractivity contribution is -0.00287. The van der Waals surface area contributed by atoms with Crippen LogP contribution in [0, 0.1) is 5.82 Å². The number of imidazole rings is 1. The standard InChI is InChI=1S/C17H13B2BrClFN4O3/c1-26-7-23-15-12(26)5-9(16(27)25-29-6-17(18,19)28)14(13(15)22)24-11-3-2-8(20)4-10(11)21/h2-5,7,24,28H,6H2,1H3,(H,25,27). The Balaban J connectivity index is 2.03. The number of carbonyl (C=O) groups excluding carboxylic acids is 1. The van der Waals surface area contributed by atoms with Crippen LogP contribution in [0.4, 0.5) is 15.8 Å². The Morgan fingerprint density at radius 3 is 2.83 bits per heavy atom. The molecule has 0 atom stereocenters. The van der Waals surface area contributed by atoms with Crippen molar-refractivity contribution in [2.75, 3.05) is 11.9 Å². The Hall–Kier alpha value is -2.07. The maximum Gasteiger partial charge on any atom is 0.277 e. The predicted octanol–water partition coefficient (Wildman–Crippen LogP) is 2.52. The van der Waals surface area contributed by atoms with Gasteiger partial charge in [0.1, 0.15) is 21.2 Å². The summed E-state index contributed by atoms with van der Waals surface area (Å²) in [6, 6.07) is 6.39. The average Bonchev–Trinajstić information content (AvgIpc) is 2.99. The number of amides is 1. The molecule has 3 rings (SSSR count). The molecule has 2 aromatic carbocycles. The first-order chi connectivity index (χ1) is 13.6. The highest BCUT2D eigenvalue weighted by atomic mass is 79.9. The molecule has 12 heteroatoms. The molecular formula is C17H13B2BrClFN4O3. The smallest absolute Gasteiger partial charge is 0.277 e. The van der Waals surface area contributed by atoms with Crippen molar-refractivity contribution in [3.63, 3.8) is 0 Å². The summed E-state index contributed by atoms with van der Waals surface area (Å²) in [4.78, 5) is 21.5. The first kappa shape index (κ1) is 21.6. The van der Waals surface area contributed by atoms with E-state index in [1.807, 2.05) is 0 Å². The van der Waals surface area contributed by atoms with Crippen LogP contribution in [0.1, 0.15) is 10.4 Å². The van der Waals surface area contributed by atoms with Crippen molar-refractivity contribution in [3.8, 4) is 0 Å². The number of rotatable bonds is 6. The van der Waals surface area contributed by atoms with Crippen molar-refractivity contribution in [3.05, 3.63) is 51.5 Å².